The number of benzene rings is 1. The molecule has 0 bridgehead atoms. The summed E-state index contributed by atoms with van der Waals surface area (Å²) in [4.78, 5) is 12.2. The van der Waals surface area contributed by atoms with Crippen LogP contribution in [0.5, 0.6) is 0 Å². The van der Waals surface area contributed by atoms with Crippen LogP contribution < -0.4 is 5.32 Å². The molecule has 1 atom stereocenters. The standard InChI is InChI=1S/C17H19F2NO2/c1-9(2)11-6-15(21)17(16(22)7-11)10(3)20-12-4-5-13(18)14(19)8-12/h4-5,8-9,11,20-21H,3,6-7H2,1-2H3. The molecule has 1 unspecified atom stereocenters. The summed E-state index contributed by atoms with van der Waals surface area (Å²) in [5.74, 6) is -1.75. The summed E-state index contributed by atoms with van der Waals surface area (Å²) in [6.45, 7) is 7.74. The second kappa shape index (κ2) is 6.30. The van der Waals surface area contributed by atoms with Crippen molar-refractivity contribution < 1.29 is 18.7 Å². The predicted octanol–water partition coefficient (Wildman–Crippen LogP) is 4.34. The highest BCUT2D eigenvalue weighted by Gasteiger charge is 2.30. The lowest BCUT2D eigenvalue weighted by molar-refractivity contribution is -0.117. The number of halogens is 2. The first-order valence-corrected chi connectivity index (χ1v) is 7.16. The summed E-state index contributed by atoms with van der Waals surface area (Å²) in [5.41, 5.74) is 0.598. The number of hydrogen-bond donors (Lipinski definition) is 2. The Morgan fingerprint density at radius 3 is 2.55 bits per heavy atom. The van der Waals surface area contributed by atoms with Crippen LogP contribution in [-0.4, -0.2) is 10.9 Å². The van der Waals surface area contributed by atoms with Gasteiger partial charge in [0.15, 0.2) is 17.4 Å². The molecular formula is C17H19F2NO2. The molecule has 0 spiro atoms. The maximum atomic E-state index is 13.2. The van der Waals surface area contributed by atoms with E-state index in [-0.39, 0.29) is 34.4 Å². The largest absolute Gasteiger partial charge is 0.511 e. The Labute approximate surface area is 128 Å². The molecule has 0 heterocycles. The maximum absolute atomic E-state index is 13.2. The van der Waals surface area contributed by atoms with E-state index in [0.717, 1.165) is 12.1 Å². The van der Waals surface area contributed by atoms with Crippen molar-refractivity contribution in [2.45, 2.75) is 26.7 Å². The van der Waals surface area contributed by atoms with E-state index >= 15 is 0 Å². The van der Waals surface area contributed by atoms with Crippen molar-refractivity contribution in [2.24, 2.45) is 11.8 Å². The van der Waals surface area contributed by atoms with Crippen molar-refractivity contribution in [3.8, 4) is 0 Å². The van der Waals surface area contributed by atoms with Crippen molar-refractivity contribution in [1.29, 1.82) is 0 Å². The molecule has 1 aromatic carbocycles. The SMILES string of the molecule is C=C(Nc1ccc(F)c(F)c1)C1=C(O)CC(C(C)C)CC1=O. The lowest BCUT2D eigenvalue weighted by Crippen LogP contribution is -2.25. The van der Waals surface area contributed by atoms with Crippen LogP contribution in [0.2, 0.25) is 0 Å². The van der Waals surface area contributed by atoms with Crippen LogP contribution in [0.3, 0.4) is 0 Å². The van der Waals surface area contributed by atoms with Crippen LogP contribution in [0.4, 0.5) is 14.5 Å². The molecule has 1 aliphatic rings. The molecule has 5 heteroatoms. The number of carbonyl (C=O) groups excluding carboxylic acids is 1. The Morgan fingerprint density at radius 1 is 1.32 bits per heavy atom. The van der Waals surface area contributed by atoms with E-state index < -0.39 is 11.6 Å². The van der Waals surface area contributed by atoms with Crippen molar-refractivity contribution in [1.82, 2.24) is 0 Å². The highest BCUT2D eigenvalue weighted by atomic mass is 19.2. The maximum Gasteiger partial charge on any atom is 0.168 e. The van der Waals surface area contributed by atoms with Gasteiger partial charge < -0.3 is 10.4 Å². The number of aliphatic hydroxyl groups is 1. The molecule has 2 rings (SSSR count). The third-order valence-electron chi connectivity index (χ3n) is 3.93. The fraction of sp³-hybridized carbons (Fsp3) is 0.353. The zero-order chi connectivity index (χ0) is 16.4. The third-order valence-corrected chi connectivity index (χ3v) is 3.93. The quantitative estimate of drug-likeness (QED) is 0.870. The number of nitrogens with one attached hydrogen (secondary N) is 1. The van der Waals surface area contributed by atoms with Gasteiger partial charge >= 0.3 is 0 Å². The number of carbonyl (C=O) groups is 1. The molecule has 118 valence electrons. The van der Waals surface area contributed by atoms with Gasteiger partial charge in [0.05, 0.1) is 5.57 Å². The number of allylic oxidation sites excluding steroid dienone is 2. The molecule has 0 amide bonds. The minimum Gasteiger partial charge on any atom is -0.511 e. The van der Waals surface area contributed by atoms with Gasteiger partial charge in [0.1, 0.15) is 5.76 Å². The van der Waals surface area contributed by atoms with E-state index in [0.29, 0.717) is 18.8 Å². The van der Waals surface area contributed by atoms with E-state index in [2.05, 4.69) is 11.9 Å². The van der Waals surface area contributed by atoms with E-state index in [1.54, 1.807) is 0 Å². The first-order valence-electron chi connectivity index (χ1n) is 7.16. The van der Waals surface area contributed by atoms with Crippen molar-refractivity contribution in [3.63, 3.8) is 0 Å². The van der Waals surface area contributed by atoms with E-state index in [1.807, 2.05) is 13.8 Å². The van der Waals surface area contributed by atoms with Crippen LogP contribution in [0.15, 0.2) is 41.8 Å². The molecule has 0 radical (unpaired) electrons. The minimum atomic E-state index is -0.995. The monoisotopic (exact) mass is 307 g/mol. The van der Waals surface area contributed by atoms with Gasteiger partial charge in [0.2, 0.25) is 0 Å². The van der Waals surface area contributed by atoms with E-state index in [4.69, 9.17) is 0 Å². The summed E-state index contributed by atoms with van der Waals surface area (Å²) < 4.78 is 26.1. The molecule has 1 aromatic rings. The smallest absolute Gasteiger partial charge is 0.168 e. The molecule has 0 saturated carbocycles. The fourth-order valence-electron chi connectivity index (χ4n) is 2.55. The second-order valence-electron chi connectivity index (χ2n) is 5.89. The summed E-state index contributed by atoms with van der Waals surface area (Å²) in [7, 11) is 0. The molecule has 0 saturated heterocycles. The fourth-order valence-corrected chi connectivity index (χ4v) is 2.55. The molecule has 2 N–H and O–H groups in total. The topological polar surface area (TPSA) is 49.3 Å². The number of anilines is 1. The summed E-state index contributed by atoms with van der Waals surface area (Å²) in [5, 5.41) is 12.9. The van der Waals surface area contributed by atoms with Crippen LogP contribution >= 0.6 is 0 Å². The Bertz CT molecular complexity index is 650. The average Bonchev–Trinajstić information content (AvgIpc) is 2.42. The number of Topliss-reactive ketones (excluding diaryl/α,β-unsaturated/α-hetero) is 1. The molecule has 0 aromatic heterocycles. The molecule has 1 aliphatic carbocycles. The Morgan fingerprint density at radius 2 is 2.00 bits per heavy atom. The number of aliphatic hydroxyl groups excluding tert-OH is 1. The Kier molecular flexibility index (Phi) is 4.64. The third kappa shape index (κ3) is 3.35. The van der Waals surface area contributed by atoms with Crippen LogP contribution in [0.25, 0.3) is 0 Å². The van der Waals surface area contributed by atoms with Gasteiger partial charge in [-0.1, -0.05) is 20.4 Å². The second-order valence-corrected chi connectivity index (χ2v) is 5.89. The van der Waals surface area contributed by atoms with Crippen molar-refractivity contribution in [2.75, 3.05) is 5.32 Å². The highest BCUT2D eigenvalue weighted by molar-refractivity contribution is 6.01. The average molecular weight is 307 g/mol. The summed E-state index contributed by atoms with van der Waals surface area (Å²) >= 11 is 0. The Hall–Kier alpha value is -2.17. The molecule has 0 fully saturated rings. The minimum absolute atomic E-state index is 0.00460. The van der Waals surface area contributed by atoms with Gasteiger partial charge in [-0.05, 0) is 24.0 Å². The molecule has 0 aliphatic heterocycles. The van der Waals surface area contributed by atoms with Gasteiger partial charge in [0, 0.05) is 30.3 Å². The lowest BCUT2D eigenvalue weighted by Gasteiger charge is -2.27. The highest BCUT2D eigenvalue weighted by Crippen LogP contribution is 2.33. The van der Waals surface area contributed by atoms with E-state index in [1.165, 1.54) is 6.07 Å². The first-order chi connectivity index (χ1) is 10.3. The summed E-state index contributed by atoms with van der Waals surface area (Å²) in [6.07, 6.45) is 0.757. The van der Waals surface area contributed by atoms with Gasteiger partial charge in [-0.3, -0.25) is 4.79 Å². The van der Waals surface area contributed by atoms with Crippen LogP contribution in [-0.2, 0) is 4.79 Å². The number of rotatable bonds is 4. The van der Waals surface area contributed by atoms with Gasteiger partial charge in [0.25, 0.3) is 0 Å². The molecular weight excluding hydrogens is 288 g/mol. The number of ketones is 1. The molecule has 22 heavy (non-hydrogen) atoms. The predicted molar refractivity (Wildman–Crippen MR) is 81.3 cm³/mol. The normalized spacial score (nSPS) is 18.8. The van der Waals surface area contributed by atoms with Gasteiger partial charge in [-0.15, -0.1) is 0 Å². The van der Waals surface area contributed by atoms with Crippen LogP contribution in [0.1, 0.15) is 26.7 Å². The van der Waals surface area contributed by atoms with Gasteiger partial charge in [-0.2, -0.15) is 0 Å². The van der Waals surface area contributed by atoms with Crippen molar-refractivity contribution >= 4 is 11.5 Å². The zero-order valence-corrected chi connectivity index (χ0v) is 12.6. The van der Waals surface area contributed by atoms with Crippen molar-refractivity contribution in [3.05, 3.63) is 53.4 Å². The number of hydrogen-bond acceptors (Lipinski definition) is 3. The zero-order valence-electron chi connectivity index (χ0n) is 12.6. The van der Waals surface area contributed by atoms with Crippen LogP contribution in [0, 0.1) is 23.5 Å². The van der Waals surface area contributed by atoms with E-state index in [9.17, 15) is 18.7 Å². The summed E-state index contributed by atoms with van der Waals surface area (Å²) in [6, 6.07) is 3.30. The Balaban J connectivity index is 2.19. The van der Waals surface area contributed by atoms with Gasteiger partial charge in [-0.25, -0.2) is 8.78 Å². The first kappa shape index (κ1) is 16.2. The lowest BCUT2D eigenvalue weighted by atomic mass is 9.80. The molecule has 3 nitrogen and oxygen atoms in total.